The summed E-state index contributed by atoms with van der Waals surface area (Å²) in [5.74, 6) is 1.95. The number of carbonyl (C=O) groups is 1. The summed E-state index contributed by atoms with van der Waals surface area (Å²) in [6.45, 7) is 1.88. The fourth-order valence-corrected chi connectivity index (χ4v) is 4.65. The zero-order valence-electron chi connectivity index (χ0n) is 15.8. The van der Waals surface area contributed by atoms with Gasteiger partial charge in [-0.2, -0.15) is 4.98 Å². The molecule has 2 aliphatic rings. The van der Waals surface area contributed by atoms with Crippen LogP contribution in [0.15, 0.2) is 28.8 Å². The zero-order chi connectivity index (χ0) is 19.0. The molecule has 152 valence electrons. The number of hydrogen-bond donors (Lipinski definition) is 2. The molecule has 1 heterocycles. The van der Waals surface area contributed by atoms with Crippen molar-refractivity contribution in [1.29, 1.82) is 0 Å². The number of fused-ring (bicyclic) bond motifs is 2. The molecule has 4 rings (SSSR count). The van der Waals surface area contributed by atoms with Gasteiger partial charge in [0.25, 0.3) is 5.89 Å². The number of nitrogens with zero attached hydrogens (tertiary/aromatic N) is 2. The van der Waals surface area contributed by atoms with Crippen molar-refractivity contribution < 1.29 is 9.32 Å². The van der Waals surface area contributed by atoms with Gasteiger partial charge in [-0.3, -0.25) is 4.79 Å². The van der Waals surface area contributed by atoms with E-state index in [-0.39, 0.29) is 36.3 Å². The number of amides is 1. The van der Waals surface area contributed by atoms with Crippen LogP contribution < -0.4 is 11.1 Å². The second-order valence-corrected chi connectivity index (χ2v) is 8.33. The molecule has 6 nitrogen and oxygen atoms in total. The lowest BCUT2D eigenvalue weighted by Crippen LogP contribution is -2.49. The summed E-state index contributed by atoms with van der Waals surface area (Å²) >= 11 is 5.91. The maximum atomic E-state index is 12.8. The minimum absolute atomic E-state index is 0. The van der Waals surface area contributed by atoms with Crippen LogP contribution in [0.4, 0.5) is 0 Å². The maximum absolute atomic E-state index is 12.8. The fourth-order valence-electron chi connectivity index (χ4n) is 4.52. The Morgan fingerprint density at radius 3 is 2.54 bits per heavy atom. The summed E-state index contributed by atoms with van der Waals surface area (Å²) in [5.41, 5.74) is 7.13. The smallest absolute Gasteiger partial charge is 0.257 e. The Bertz CT molecular complexity index is 797. The molecule has 8 heteroatoms. The van der Waals surface area contributed by atoms with Crippen molar-refractivity contribution in [3.63, 3.8) is 0 Å². The quantitative estimate of drug-likeness (QED) is 0.768. The first-order valence-electron chi connectivity index (χ1n) is 9.66. The predicted octanol–water partition coefficient (Wildman–Crippen LogP) is 4.14. The Balaban J connectivity index is 0.00000225. The van der Waals surface area contributed by atoms with Crippen molar-refractivity contribution in [2.24, 2.45) is 23.5 Å². The van der Waals surface area contributed by atoms with Crippen molar-refractivity contribution in [3.05, 3.63) is 35.1 Å². The maximum Gasteiger partial charge on any atom is 0.257 e. The number of nitrogens with two attached hydrogens (primary N) is 1. The lowest BCUT2D eigenvalue weighted by Gasteiger charge is -2.43. The summed E-state index contributed by atoms with van der Waals surface area (Å²) in [4.78, 5) is 17.2. The topological polar surface area (TPSA) is 94.0 Å². The average Bonchev–Trinajstić information content (AvgIpc) is 3.12. The molecule has 2 aromatic rings. The molecular formula is C20H26Cl2N4O2. The van der Waals surface area contributed by atoms with E-state index in [1.165, 1.54) is 6.42 Å². The van der Waals surface area contributed by atoms with E-state index in [1.54, 1.807) is 12.1 Å². The average molecular weight is 425 g/mol. The third kappa shape index (κ3) is 4.34. The van der Waals surface area contributed by atoms with Crippen molar-refractivity contribution in [2.75, 3.05) is 0 Å². The standard InChI is InChI=1S/C20H25ClN4O2.ClH/c1-11(18-24-20(27-25-18)12-5-7-16(21)8-6-12)23-19(26)15-9-13-3-2-4-14(10-15)17(13)22;/h5-8,11,13-15,17H,2-4,9-10,22H2,1H3,(H,23,26);1H. The lowest BCUT2D eigenvalue weighted by molar-refractivity contribution is -0.128. The molecule has 2 saturated carbocycles. The highest BCUT2D eigenvalue weighted by Crippen LogP contribution is 2.42. The molecule has 28 heavy (non-hydrogen) atoms. The second-order valence-electron chi connectivity index (χ2n) is 7.89. The van der Waals surface area contributed by atoms with Gasteiger partial charge in [0, 0.05) is 22.5 Å². The number of hydrogen-bond acceptors (Lipinski definition) is 5. The highest BCUT2D eigenvalue weighted by molar-refractivity contribution is 6.30. The van der Waals surface area contributed by atoms with E-state index in [2.05, 4.69) is 15.5 Å². The fraction of sp³-hybridized carbons (Fsp3) is 0.550. The second kappa shape index (κ2) is 8.80. The first-order chi connectivity index (χ1) is 13.0. The van der Waals surface area contributed by atoms with Crippen LogP contribution in [0.25, 0.3) is 11.5 Å². The van der Waals surface area contributed by atoms with E-state index < -0.39 is 0 Å². The predicted molar refractivity (Wildman–Crippen MR) is 110 cm³/mol. The van der Waals surface area contributed by atoms with E-state index in [4.69, 9.17) is 21.9 Å². The molecule has 2 aliphatic carbocycles. The van der Waals surface area contributed by atoms with Crippen molar-refractivity contribution in [1.82, 2.24) is 15.5 Å². The van der Waals surface area contributed by atoms with Gasteiger partial charge in [-0.25, -0.2) is 0 Å². The zero-order valence-corrected chi connectivity index (χ0v) is 17.4. The number of nitrogens with one attached hydrogen (secondary N) is 1. The third-order valence-corrected chi connectivity index (χ3v) is 6.31. The molecule has 1 aromatic carbocycles. The van der Waals surface area contributed by atoms with Gasteiger partial charge in [-0.1, -0.05) is 23.2 Å². The molecule has 1 aromatic heterocycles. The van der Waals surface area contributed by atoms with Gasteiger partial charge in [0.05, 0.1) is 6.04 Å². The number of benzene rings is 1. The molecule has 1 amide bonds. The van der Waals surface area contributed by atoms with E-state index in [1.807, 2.05) is 19.1 Å². The van der Waals surface area contributed by atoms with Gasteiger partial charge < -0.3 is 15.6 Å². The van der Waals surface area contributed by atoms with Gasteiger partial charge >= 0.3 is 0 Å². The highest BCUT2D eigenvalue weighted by atomic mass is 35.5. The van der Waals surface area contributed by atoms with Gasteiger partial charge in [-0.05, 0) is 68.7 Å². The summed E-state index contributed by atoms with van der Waals surface area (Å²) in [6, 6.07) is 7.16. The minimum Gasteiger partial charge on any atom is -0.346 e. The highest BCUT2D eigenvalue weighted by Gasteiger charge is 2.40. The van der Waals surface area contributed by atoms with Gasteiger partial charge in [-0.15, -0.1) is 12.4 Å². The molecule has 0 saturated heterocycles. The normalized spacial score (nSPS) is 27.5. The molecule has 0 radical (unpaired) electrons. The lowest BCUT2D eigenvalue weighted by atomic mass is 9.65. The van der Waals surface area contributed by atoms with Crippen molar-refractivity contribution in [2.45, 2.75) is 51.1 Å². The van der Waals surface area contributed by atoms with Crippen molar-refractivity contribution >= 4 is 29.9 Å². The number of carbonyl (C=O) groups excluding carboxylic acids is 1. The molecule has 2 fully saturated rings. The van der Waals surface area contributed by atoms with Crippen LogP contribution in [0.5, 0.6) is 0 Å². The van der Waals surface area contributed by atoms with Gasteiger partial charge in [0.2, 0.25) is 5.91 Å². The van der Waals surface area contributed by atoms with Crippen LogP contribution in [0.1, 0.15) is 50.9 Å². The third-order valence-electron chi connectivity index (χ3n) is 6.06. The molecule has 0 aliphatic heterocycles. The summed E-state index contributed by atoms with van der Waals surface area (Å²) in [7, 11) is 0. The molecule has 3 atom stereocenters. The van der Waals surface area contributed by atoms with Crippen LogP contribution in [0, 0.1) is 17.8 Å². The Kier molecular flexibility index (Phi) is 6.63. The van der Waals surface area contributed by atoms with Gasteiger partial charge in [0.1, 0.15) is 0 Å². The van der Waals surface area contributed by atoms with Crippen LogP contribution >= 0.6 is 24.0 Å². The van der Waals surface area contributed by atoms with Crippen LogP contribution in [0.2, 0.25) is 5.02 Å². The Morgan fingerprint density at radius 2 is 1.89 bits per heavy atom. The van der Waals surface area contributed by atoms with Crippen LogP contribution in [-0.2, 0) is 4.79 Å². The molecule has 2 bridgehead atoms. The van der Waals surface area contributed by atoms with Crippen LogP contribution in [-0.4, -0.2) is 22.1 Å². The van der Waals surface area contributed by atoms with E-state index in [0.29, 0.717) is 28.6 Å². The molecular weight excluding hydrogens is 399 g/mol. The first-order valence-corrected chi connectivity index (χ1v) is 10.0. The summed E-state index contributed by atoms with van der Waals surface area (Å²) in [5, 5.41) is 7.74. The first kappa shape index (κ1) is 21.1. The van der Waals surface area contributed by atoms with E-state index in [0.717, 1.165) is 31.2 Å². The Labute approximate surface area is 176 Å². The Hall–Kier alpha value is -1.63. The monoisotopic (exact) mass is 424 g/mol. The molecule has 3 unspecified atom stereocenters. The molecule has 3 N–H and O–H groups in total. The van der Waals surface area contributed by atoms with Crippen LogP contribution in [0.3, 0.4) is 0 Å². The molecule has 0 spiro atoms. The van der Waals surface area contributed by atoms with E-state index in [9.17, 15) is 4.79 Å². The SMILES string of the molecule is CC(NC(=O)C1CC2CCCC(C1)C2N)c1noc(-c2ccc(Cl)cc2)n1.Cl. The number of rotatable bonds is 4. The van der Waals surface area contributed by atoms with Gasteiger partial charge in [0.15, 0.2) is 5.82 Å². The van der Waals surface area contributed by atoms with E-state index >= 15 is 0 Å². The summed E-state index contributed by atoms with van der Waals surface area (Å²) < 4.78 is 5.34. The summed E-state index contributed by atoms with van der Waals surface area (Å²) in [6.07, 6.45) is 5.31. The Morgan fingerprint density at radius 1 is 1.25 bits per heavy atom. The number of aromatic nitrogens is 2. The largest absolute Gasteiger partial charge is 0.346 e. The minimum atomic E-state index is -0.308. The number of halogens is 2. The van der Waals surface area contributed by atoms with Crippen molar-refractivity contribution in [3.8, 4) is 11.5 Å².